The zero-order chi connectivity index (χ0) is 23.8. The van der Waals surface area contributed by atoms with E-state index < -0.39 is 0 Å². The van der Waals surface area contributed by atoms with E-state index in [9.17, 15) is 4.79 Å². The van der Waals surface area contributed by atoms with Gasteiger partial charge in [-0.15, -0.1) is 0 Å². The topological polar surface area (TPSA) is 133 Å². The van der Waals surface area contributed by atoms with Gasteiger partial charge in [0, 0.05) is 12.1 Å². The van der Waals surface area contributed by atoms with Crippen molar-refractivity contribution in [1.82, 2.24) is 40.0 Å². The van der Waals surface area contributed by atoms with E-state index in [-0.39, 0.29) is 24.1 Å². The molecule has 182 valence electrons. The summed E-state index contributed by atoms with van der Waals surface area (Å²) in [5.74, 6) is 1.22. The summed E-state index contributed by atoms with van der Waals surface area (Å²) in [6, 6.07) is 2.10. The van der Waals surface area contributed by atoms with Gasteiger partial charge in [-0.3, -0.25) is 14.9 Å². The van der Waals surface area contributed by atoms with Crippen molar-refractivity contribution in [2.45, 2.75) is 43.9 Å². The van der Waals surface area contributed by atoms with Gasteiger partial charge in [0.1, 0.15) is 33.8 Å². The number of nitrogens with zero attached hydrogens (tertiary/aromatic N) is 6. The molecule has 13 heteroatoms. The van der Waals surface area contributed by atoms with Crippen LogP contribution in [0.2, 0.25) is 4.34 Å². The van der Waals surface area contributed by atoms with Crippen molar-refractivity contribution in [3.63, 3.8) is 0 Å². The number of carbonyl (C=O) groups is 1. The van der Waals surface area contributed by atoms with Crippen LogP contribution in [0.15, 0.2) is 24.8 Å². The van der Waals surface area contributed by atoms with Gasteiger partial charge in [0.05, 0.1) is 37.7 Å². The van der Waals surface area contributed by atoms with E-state index in [1.165, 1.54) is 23.9 Å². The summed E-state index contributed by atoms with van der Waals surface area (Å²) in [6.07, 6.45) is 8.04. The summed E-state index contributed by atoms with van der Waals surface area (Å²) in [6.45, 7) is 1.55. The lowest BCUT2D eigenvalue weighted by atomic mass is 9.90. The lowest BCUT2D eigenvalue weighted by molar-refractivity contribution is -0.0950. The molecule has 11 nitrogen and oxygen atoms in total. The normalized spacial score (nSPS) is 22.9. The monoisotopic (exact) mass is 514 g/mol. The second-order valence-corrected chi connectivity index (χ2v) is 10.3. The van der Waals surface area contributed by atoms with Gasteiger partial charge in [-0.25, -0.2) is 15.0 Å². The molecule has 4 aromatic heterocycles. The SMILES string of the molecule is O=C(N[C@H]1CCC[C@@H](n2c(C3COCCO3)nc3cnc(-c4ncn[nH]4)cc32)C1)c1ncc(Cl)s1. The quantitative estimate of drug-likeness (QED) is 0.414. The molecule has 4 aromatic rings. The number of imidazole rings is 1. The maximum absolute atomic E-state index is 12.7. The largest absolute Gasteiger partial charge is 0.376 e. The van der Waals surface area contributed by atoms with E-state index in [2.05, 4.69) is 35.0 Å². The predicted octanol–water partition coefficient (Wildman–Crippen LogP) is 3.33. The highest BCUT2D eigenvalue weighted by atomic mass is 35.5. The maximum Gasteiger partial charge on any atom is 0.280 e. The second kappa shape index (κ2) is 9.61. The van der Waals surface area contributed by atoms with Crippen LogP contribution in [-0.4, -0.2) is 66.5 Å². The number of thiazole rings is 1. The first-order valence-electron chi connectivity index (χ1n) is 11.5. The molecule has 1 saturated carbocycles. The fourth-order valence-electron chi connectivity index (χ4n) is 4.86. The molecule has 2 fully saturated rings. The van der Waals surface area contributed by atoms with E-state index in [0.29, 0.717) is 40.7 Å². The molecule has 3 atom stereocenters. The smallest absolute Gasteiger partial charge is 0.280 e. The highest BCUT2D eigenvalue weighted by Gasteiger charge is 2.32. The van der Waals surface area contributed by atoms with Crippen molar-refractivity contribution < 1.29 is 14.3 Å². The Morgan fingerprint density at radius 3 is 2.94 bits per heavy atom. The molecule has 0 aromatic carbocycles. The number of amides is 1. The third kappa shape index (κ3) is 4.54. The Morgan fingerprint density at radius 1 is 1.23 bits per heavy atom. The number of aromatic nitrogens is 7. The van der Waals surface area contributed by atoms with Crippen LogP contribution in [0.25, 0.3) is 22.6 Å². The Hall–Kier alpha value is -2.93. The van der Waals surface area contributed by atoms with Crippen molar-refractivity contribution in [3.8, 4) is 11.5 Å². The lowest BCUT2D eigenvalue weighted by Crippen LogP contribution is -2.39. The van der Waals surface area contributed by atoms with E-state index in [0.717, 1.165) is 42.5 Å². The van der Waals surface area contributed by atoms with Crippen molar-refractivity contribution >= 4 is 39.9 Å². The van der Waals surface area contributed by atoms with Crippen LogP contribution in [0.5, 0.6) is 0 Å². The number of fused-ring (bicyclic) bond motifs is 1. The van der Waals surface area contributed by atoms with Crippen molar-refractivity contribution in [2.75, 3.05) is 19.8 Å². The molecule has 1 saturated heterocycles. The van der Waals surface area contributed by atoms with Crippen LogP contribution in [0.1, 0.15) is 53.5 Å². The van der Waals surface area contributed by atoms with Crippen LogP contribution in [0.4, 0.5) is 0 Å². The van der Waals surface area contributed by atoms with E-state index in [1.807, 2.05) is 6.07 Å². The molecule has 1 aliphatic heterocycles. The number of rotatable bonds is 5. The molecule has 6 rings (SSSR count). The minimum Gasteiger partial charge on any atom is -0.376 e. The van der Waals surface area contributed by atoms with E-state index in [4.69, 9.17) is 26.1 Å². The minimum absolute atomic E-state index is 0.00771. The standard InChI is InChI=1S/C22H23ClN8O3S/c23-18-9-25-22(35-18)21(32)28-12-2-1-3-13(6-12)31-16-7-14(19-26-11-27-30-19)24-8-15(16)29-20(31)17-10-33-4-5-34-17/h7-9,11-13,17H,1-6,10H2,(H,28,32)(H,26,27,30)/t12-,13+,17?/m0/s1. The molecule has 1 amide bonds. The van der Waals surface area contributed by atoms with Gasteiger partial charge in [0.25, 0.3) is 5.91 Å². The third-order valence-corrected chi connectivity index (χ3v) is 7.50. The first kappa shape index (κ1) is 22.5. The van der Waals surface area contributed by atoms with Crippen molar-refractivity contribution in [3.05, 3.63) is 40.0 Å². The first-order chi connectivity index (χ1) is 17.2. The molecule has 0 bridgehead atoms. The highest BCUT2D eigenvalue weighted by molar-refractivity contribution is 7.17. The second-order valence-electron chi connectivity index (χ2n) is 8.63. The number of nitrogens with one attached hydrogen (secondary N) is 2. The summed E-state index contributed by atoms with van der Waals surface area (Å²) in [7, 11) is 0. The van der Waals surface area contributed by atoms with Gasteiger partial charge in [0.2, 0.25) is 0 Å². The Morgan fingerprint density at radius 2 is 2.17 bits per heavy atom. The Labute approximate surface area is 209 Å². The minimum atomic E-state index is -0.266. The van der Waals surface area contributed by atoms with Crippen LogP contribution in [-0.2, 0) is 9.47 Å². The number of pyridine rings is 1. The average molecular weight is 515 g/mol. The zero-order valence-corrected chi connectivity index (χ0v) is 20.3. The number of ether oxygens (including phenoxy) is 2. The number of hydrogen-bond acceptors (Lipinski definition) is 9. The van der Waals surface area contributed by atoms with Crippen LogP contribution < -0.4 is 5.32 Å². The number of carbonyl (C=O) groups excluding carboxylic acids is 1. The average Bonchev–Trinajstić information content (AvgIpc) is 3.64. The van der Waals surface area contributed by atoms with E-state index >= 15 is 0 Å². The van der Waals surface area contributed by atoms with Gasteiger partial charge in [-0.1, -0.05) is 22.9 Å². The molecule has 0 radical (unpaired) electrons. The fourth-order valence-corrected chi connectivity index (χ4v) is 5.67. The maximum atomic E-state index is 12.7. The number of aromatic amines is 1. The van der Waals surface area contributed by atoms with Gasteiger partial charge in [0.15, 0.2) is 10.8 Å². The molecule has 5 heterocycles. The first-order valence-corrected chi connectivity index (χ1v) is 12.7. The van der Waals surface area contributed by atoms with Gasteiger partial charge >= 0.3 is 0 Å². The van der Waals surface area contributed by atoms with Gasteiger partial charge in [-0.05, 0) is 31.7 Å². The molecule has 35 heavy (non-hydrogen) atoms. The predicted molar refractivity (Wildman–Crippen MR) is 128 cm³/mol. The molecular formula is C22H23ClN8O3S. The highest BCUT2D eigenvalue weighted by Crippen LogP contribution is 2.36. The lowest BCUT2D eigenvalue weighted by Gasteiger charge is -2.33. The fraction of sp³-hybridized carbons (Fsp3) is 0.455. The molecule has 1 unspecified atom stereocenters. The van der Waals surface area contributed by atoms with Crippen LogP contribution in [0, 0.1) is 0 Å². The van der Waals surface area contributed by atoms with E-state index in [1.54, 1.807) is 6.20 Å². The summed E-state index contributed by atoms with van der Waals surface area (Å²) in [5.41, 5.74) is 2.41. The summed E-state index contributed by atoms with van der Waals surface area (Å²) >= 11 is 7.14. The molecule has 2 N–H and O–H groups in total. The molecular weight excluding hydrogens is 492 g/mol. The Kier molecular flexibility index (Phi) is 6.19. The third-order valence-electron chi connectivity index (χ3n) is 6.38. The van der Waals surface area contributed by atoms with Crippen LogP contribution in [0.3, 0.4) is 0 Å². The van der Waals surface area contributed by atoms with Crippen LogP contribution >= 0.6 is 22.9 Å². The van der Waals surface area contributed by atoms with Crippen molar-refractivity contribution in [2.24, 2.45) is 0 Å². The zero-order valence-electron chi connectivity index (χ0n) is 18.7. The molecule has 1 aliphatic carbocycles. The molecule has 0 spiro atoms. The van der Waals surface area contributed by atoms with Gasteiger partial charge < -0.3 is 19.4 Å². The Balaban J connectivity index is 1.34. The Bertz CT molecular complexity index is 1330. The number of H-pyrrole nitrogens is 1. The van der Waals surface area contributed by atoms with Crippen molar-refractivity contribution in [1.29, 1.82) is 0 Å². The number of hydrogen-bond donors (Lipinski definition) is 2. The summed E-state index contributed by atoms with van der Waals surface area (Å²) < 4.78 is 14.5. The summed E-state index contributed by atoms with van der Waals surface area (Å²) in [5, 5.41) is 10.3. The molecule has 2 aliphatic rings. The van der Waals surface area contributed by atoms with Gasteiger partial charge in [-0.2, -0.15) is 5.10 Å². The number of halogens is 1. The summed E-state index contributed by atoms with van der Waals surface area (Å²) in [4.78, 5) is 30.5.